The molecule has 0 bridgehead atoms. The SMILES string of the molecule is c1ccc2c(c1)CC(C1CC1)=N2. The fourth-order valence-corrected chi connectivity index (χ4v) is 1.81. The molecule has 1 aromatic rings. The standard InChI is InChI=1S/C11H11N/c1-2-4-10-9(3-1)7-11(12-10)8-5-6-8/h1-4,8H,5-7H2. The third-order valence-corrected chi connectivity index (χ3v) is 2.68. The Kier molecular flexibility index (Phi) is 1.17. The molecule has 60 valence electrons. The summed E-state index contributed by atoms with van der Waals surface area (Å²) in [6.07, 6.45) is 3.85. The van der Waals surface area contributed by atoms with Crippen LogP contribution in [0.15, 0.2) is 29.3 Å². The van der Waals surface area contributed by atoms with E-state index in [0.717, 1.165) is 12.3 Å². The molecule has 0 unspecified atom stereocenters. The molecule has 1 aromatic carbocycles. The van der Waals surface area contributed by atoms with Crippen LogP contribution >= 0.6 is 0 Å². The summed E-state index contributed by atoms with van der Waals surface area (Å²) in [5, 5.41) is 0. The summed E-state index contributed by atoms with van der Waals surface area (Å²) in [6.45, 7) is 0. The molecule has 0 aromatic heterocycles. The summed E-state index contributed by atoms with van der Waals surface area (Å²) in [5.41, 5.74) is 4.05. The van der Waals surface area contributed by atoms with Gasteiger partial charge in [-0.1, -0.05) is 18.2 Å². The van der Waals surface area contributed by atoms with Gasteiger partial charge in [-0.2, -0.15) is 0 Å². The Morgan fingerprint density at radius 2 is 2.00 bits per heavy atom. The van der Waals surface area contributed by atoms with Crippen molar-refractivity contribution in [1.29, 1.82) is 0 Å². The van der Waals surface area contributed by atoms with Crippen LogP contribution in [0.3, 0.4) is 0 Å². The summed E-state index contributed by atoms with van der Waals surface area (Å²) in [6, 6.07) is 8.47. The maximum atomic E-state index is 4.63. The van der Waals surface area contributed by atoms with Gasteiger partial charge in [0, 0.05) is 12.1 Å². The Bertz CT molecular complexity index is 348. The van der Waals surface area contributed by atoms with Gasteiger partial charge in [0.15, 0.2) is 0 Å². The van der Waals surface area contributed by atoms with Gasteiger partial charge in [-0.3, -0.25) is 4.99 Å². The van der Waals surface area contributed by atoms with Crippen LogP contribution < -0.4 is 0 Å². The molecule has 2 aliphatic rings. The Labute approximate surface area is 72.1 Å². The van der Waals surface area contributed by atoms with Crippen molar-refractivity contribution in [2.24, 2.45) is 10.9 Å². The molecule has 0 saturated heterocycles. The van der Waals surface area contributed by atoms with E-state index >= 15 is 0 Å². The molecule has 0 atom stereocenters. The second-order valence-corrected chi connectivity index (χ2v) is 3.68. The van der Waals surface area contributed by atoms with E-state index in [1.807, 2.05) is 0 Å². The van der Waals surface area contributed by atoms with Crippen LogP contribution in [0.1, 0.15) is 18.4 Å². The van der Waals surface area contributed by atoms with Crippen molar-refractivity contribution in [3.63, 3.8) is 0 Å². The van der Waals surface area contributed by atoms with Gasteiger partial charge in [-0.05, 0) is 30.4 Å². The van der Waals surface area contributed by atoms with Gasteiger partial charge < -0.3 is 0 Å². The number of para-hydroxylation sites is 1. The first-order valence-electron chi connectivity index (χ1n) is 4.59. The smallest absolute Gasteiger partial charge is 0.0665 e. The monoisotopic (exact) mass is 157 g/mol. The molecule has 12 heavy (non-hydrogen) atoms. The third kappa shape index (κ3) is 0.893. The lowest BCUT2D eigenvalue weighted by Gasteiger charge is -1.93. The Hall–Kier alpha value is -1.11. The average Bonchev–Trinajstić information content (AvgIpc) is 2.85. The third-order valence-electron chi connectivity index (χ3n) is 2.68. The molecule has 3 rings (SSSR count). The second kappa shape index (κ2) is 2.19. The highest BCUT2D eigenvalue weighted by molar-refractivity contribution is 5.96. The van der Waals surface area contributed by atoms with Gasteiger partial charge in [-0.15, -0.1) is 0 Å². The van der Waals surface area contributed by atoms with Crippen LogP contribution in [0.2, 0.25) is 0 Å². The van der Waals surface area contributed by atoms with Crippen LogP contribution in [-0.2, 0) is 6.42 Å². The van der Waals surface area contributed by atoms with E-state index in [4.69, 9.17) is 0 Å². The lowest BCUT2D eigenvalue weighted by molar-refractivity contribution is 1.15. The van der Waals surface area contributed by atoms with E-state index in [0.29, 0.717) is 0 Å². The zero-order valence-corrected chi connectivity index (χ0v) is 6.96. The van der Waals surface area contributed by atoms with E-state index in [-0.39, 0.29) is 0 Å². The number of benzene rings is 1. The maximum absolute atomic E-state index is 4.63. The molecule has 1 aliphatic heterocycles. The van der Waals surface area contributed by atoms with Crippen LogP contribution in [0.25, 0.3) is 0 Å². The van der Waals surface area contributed by atoms with Gasteiger partial charge in [-0.25, -0.2) is 0 Å². The largest absolute Gasteiger partial charge is 0.257 e. The van der Waals surface area contributed by atoms with E-state index < -0.39 is 0 Å². The number of hydrogen-bond acceptors (Lipinski definition) is 1. The minimum Gasteiger partial charge on any atom is -0.257 e. The van der Waals surface area contributed by atoms with Gasteiger partial charge >= 0.3 is 0 Å². The van der Waals surface area contributed by atoms with E-state index in [1.165, 1.54) is 29.8 Å². The maximum Gasteiger partial charge on any atom is 0.0665 e. The van der Waals surface area contributed by atoms with E-state index in [9.17, 15) is 0 Å². The van der Waals surface area contributed by atoms with Crippen molar-refractivity contribution < 1.29 is 0 Å². The van der Waals surface area contributed by atoms with Crippen molar-refractivity contribution >= 4 is 11.4 Å². The Morgan fingerprint density at radius 1 is 1.17 bits per heavy atom. The first-order chi connectivity index (χ1) is 5.93. The quantitative estimate of drug-likeness (QED) is 0.594. The molecule has 1 nitrogen and oxygen atoms in total. The highest BCUT2D eigenvalue weighted by Gasteiger charge is 2.30. The molecular formula is C11H11N. The fourth-order valence-electron chi connectivity index (χ4n) is 1.81. The molecule has 1 aliphatic carbocycles. The first kappa shape index (κ1) is 6.41. The highest BCUT2D eigenvalue weighted by atomic mass is 14.8. The molecule has 1 heteroatoms. The minimum absolute atomic E-state index is 0.831. The highest BCUT2D eigenvalue weighted by Crippen LogP contribution is 2.37. The molecule has 0 N–H and O–H groups in total. The summed E-state index contributed by atoms with van der Waals surface area (Å²) in [5.74, 6) is 0.831. The normalized spacial score (nSPS) is 20.5. The van der Waals surface area contributed by atoms with Crippen LogP contribution in [0, 0.1) is 5.92 Å². The molecule has 1 heterocycles. The Balaban J connectivity index is 2.00. The van der Waals surface area contributed by atoms with E-state index in [1.54, 1.807) is 0 Å². The minimum atomic E-state index is 0.831. The molecule has 1 fully saturated rings. The van der Waals surface area contributed by atoms with Crippen molar-refractivity contribution in [3.05, 3.63) is 29.8 Å². The lowest BCUT2D eigenvalue weighted by Crippen LogP contribution is -1.99. The predicted octanol–water partition coefficient (Wildman–Crippen LogP) is 2.73. The first-order valence-corrected chi connectivity index (χ1v) is 4.59. The lowest BCUT2D eigenvalue weighted by atomic mass is 10.1. The van der Waals surface area contributed by atoms with Gasteiger partial charge in [0.2, 0.25) is 0 Å². The zero-order valence-electron chi connectivity index (χ0n) is 6.96. The van der Waals surface area contributed by atoms with Crippen LogP contribution in [0.5, 0.6) is 0 Å². The van der Waals surface area contributed by atoms with Crippen molar-refractivity contribution in [2.45, 2.75) is 19.3 Å². The zero-order chi connectivity index (χ0) is 7.97. The van der Waals surface area contributed by atoms with Crippen molar-refractivity contribution in [1.82, 2.24) is 0 Å². The van der Waals surface area contributed by atoms with Crippen molar-refractivity contribution in [2.75, 3.05) is 0 Å². The average molecular weight is 157 g/mol. The number of fused-ring (bicyclic) bond motifs is 1. The molecule has 0 spiro atoms. The summed E-state index contributed by atoms with van der Waals surface area (Å²) in [7, 11) is 0. The molecule has 0 radical (unpaired) electrons. The summed E-state index contributed by atoms with van der Waals surface area (Å²) >= 11 is 0. The molecular weight excluding hydrogens is 146 g/mol. The van der Waals surface area contributed by atoms with Crippen LogP contribution in [0.4, 0.5) is 5.69 Å². The number of aliphatic imine (C=N–C) groups is 1. The topological polar surface area (TPSA) is 12.4 Å². The molecule has 0 amide bonds. The van der Waals surface area contributed by atoms with Gasteiger partial charge in [0.25, 0.3) is 0 Å². The van der Waals surface area contributed by atoms with Crippen LogP contribution in [-0.4, -0.2) is 5.71 Å². The number of hydrogen-bond donors (Lipinski definition) is 0. The summed E-state index contributed by atoms with van der Waals surface area (Å²) < 4.78 is 0. The fraction of sp³-hybridized carbons (Fsp3) is 0.364. The predicted molar refractivity (Wildman–Crippen MR) is 50.0 cm³/mol. The number of nitrogens with zero attached hydrogens (tertiary/aromatic N) is 1. The summed E-state index contributed by atoms with van der Waals surface area (Å²) in [4.78, 5) is 4.63. The molecule has 1 saturated carbocycles. The van der Waals surface area contributed by atoms with Gasteiger partial charge in [0.05, 0.1) is 5.69 Å². The van der Waals surface area contributed by atoms with Crippen molar-refractivity contribution in [3.8, 4) is 0 Å². The number of rotatable bonds is 1. The second-order valence-electron chi connectivity index (χ2n) is 3.68. The Morgan fingerprint density at radius 3 is 2.75 bits per heavy atom. The van der Waals surface area contributed by atoms with Gasteiger partial charge in [0.1, 0.15) is 0 Å². The van der Waals surface area contributed by atoms with E-state index in [2.05, 4.69) is 29.3 Å².